The Kier molecular flexibility index (Phi) is 7.55. The average molecular weight is 397 g/mol. The third-order valence-electron chi connectivity index (χ3n) is 5.05. The lowest BCUT2D eigenvalue weighted by atomic mass is 10.2. The molecule has 1 N–H and O–H groups in total. The fourth-order valence-corrected chi connectivity index (χ4v) is 3.49. The van der Waals surface area contributed by atoms with Gasteiger partial charge in [0.25, 0.3) is 5.91 Å². The van der Waals surface area contributed by atoms with Gasteiger partial charge in [-0.05, 0) is 39.5 Å². The van der Waals surface area contributed by atoms with E-state index in [4.69, 9.17) is 0 Å². The number of carbonyl (C=O) groups excluding carboxylic acids is 1. The fraction of sp³-hybridized carbons (Fsp3) is 0.500. The maximum absolute atomic E-state index is 13.0. The smallest absolute Gasteiger partial charge is 0.272 e. The van der Waals surface area contributed by atoms with Gasteiger partial charge in [0.05, 0.1) is 0 Å². The first-order valence-corrected chi connectivity index (χ1v) is 10.3. The minimum Gasteiger partial charge on any atom is -0.370 e. The number of hydrogen-bond acceptors (Lipinski definition) is 6. The Labute approximate surface area is 173 Å². The van der Waals surface area contributed by atoms with E-state index in [1.807, 2.05) is 17.9 Å². The van der Waals surface area contributed by atoms with Crippen LogP contribution in [-0.4, -0.2) is 83.9 Å². The predicted octanol–water partition coefficient (Wildman–Crippen LogP) is 2.11. The molecule has 156 valence electrons. The minimum atomic E-state index is -0.00815. The second kappa shape index (κ2) is 10.3. The molecular formula is C22H32N6O. The SMILES string of the molecule is Cc1nc(NCCCN(C)C)cc(C(=O)N2CCN(Cc3ccccc3)CC2)n1. The van der Waals surface area contributed by atoms with E-state index in [-0.39, 0.29) is 5.91 Å². The van der Waals surface area contributed by atoms with Crippen molar-refractivity contribution in [1.29, 1.82) is 0 Å². The normalized spacial score (nSPS) is 15.0. The molecule has 7 nitrogen and oxygen atoms in total. The number of carbonyl (C=O) groups is 1. The van der Waals surface area contributed by atoms with E-state index in [0.717, 1.165) is 58.1 Å². The highest BCUT2D eigenvalue weighted by molar-refractivity contribution is 5.93. The fourth-order valence-electron chi connectivity index (χ4n) is 3.49. The van der Waals surface area contributed by atoms with E-state index in [1.54, 1.807) is 6.07 Å². The van der Waals surface area contributed by atoms with Gasteiger partial charge in [0.1, 0.15) is 17.3 Å². The van der Waals surface area contributed by atoms with Crippen LogP contribution in [0.3, 0.4) is 0 Å². The molecule has 0 radical (unpaired) electrons. The summed E-state index contributed by atoms with van der Waals surface area (Å²) in [5.74, 6) is 1.34. The van der Waals surface area contributed by atoms with Crippen LogP contribution in [0.1, 0.15) is 28.3 Å². The van der Waals surface area contributed by atoms with Crippen molar-refractivity contribution in [2.24, 2.45) is 0 Å². The number of anilines is 1. The van der Waals surface area contributed by atoms with Crippen molar-refractivity contribution >= 4 is 11.7 Å². The van der Waals surface area contributed by atoms with Crippen LogP contribution in [0.15, 0.2) is 36.4 Å². The Bertz CT molecular complexity index is 787. The van der Waals surface area contributed by atoms with E-state index in [2.05, 4.69) is 63.4 Å². The summed E-state index contributed by atoms with van der Waals surface area (Å²) in [6, 6.07) is 12.2. The maximum atomic E-state index is 13.0. The van der Waals surface area contributed by atoms with Crippen LogP contribution in [0.25, 0.3) is 0 Å². The van der Waals surface area contributed by atoms with E-state index in [1.165, 1.54) is 5.56 Å². The van der Waals surface area contributed by atoms with Crippen LogP contribution in [0.2, 0.25) is 0 Å². The highest BCUT2D eigenvalue weighted by atomic mass is 16.2. The maximum Gasteiger partial charge on any atom is 0.272 e. The van der Waals surface area contributed by atoms with Crippen molar-refractivity contribution in [2.45, 2.75) is 19.9 Å². The molecule has 0 saturated carbocycles. The lowest BCUT2D eigenvalue weighted by Gasteiger charge is -2.34. The first-order chi connectivity index (χ1) is 14.0. The van der Waals surface area contributed by atoms with Gasteiger partial charge in [0.2, 0.25) is 0 Å². The molecular weight excluding hydrogens is 364 g/mol. The molecule has 0 spiro atoms. The van der Waals surface area contributed by atoms with Crippen LogP contribution in [0.4, 0.5) is 5.82 Å². The van der Waals surface area contributed by atoms with Crippen molar-refractivity contribution in [3.05, 3.63) is 53.5 Å². The lowest BCUT2D eigenvalue weighted by Crippen LogP contribution is -2.48. The number of rotatable bonds is 8. The van der Waals surface area contributed by atoms with Crippen molar-refractivity contribution in [1.82, 2.24) is 24.7 Å². The molecule has 0 unspecified atom stereocenters. The zero-order valence-corrected chi connectivity index (χ0v) is 17.8. The molecule has 1 amide bonds. The summed E-state index contributed by atoms with van der Waals surface area (Å²) in [6.45, 7) is 7.79. The quantitative estimate of drug-likeness (QED) is 0.690. The van der Waals surface area contributed by atoms with Gasteiger partial charge < -0.3 is 15.1 Å². The van der Waals surface area contributed by atoms with Gasteiger partial charge in [-0.2, -0.15) is 0 Å². The topological polar surface area (TPSA) is 64.6 Å². The molecule has 0 aliphatic carbocycles. The van der Waals surface area contributed by atoms with Gasteiger partial charge in [-0.1, -0.05) is 30.3 Å². The largest absolute Gasteiger partial charge is 0.370 e. The van der Waals surface area contributed by atoms with Gasteiger partial charge in [-0.3, -0.25) is 9.69 Å². The molecule has 29 heavy (non-hydrogen) atoms. The van der Waals surface area contributed by atoms with E-state index in [0.29, 0.717) is 11.5 Å². The van der Waals surface area contributed by atoms with Gasteiger partial charge in [0, 0.05) is 45.3 Å². The molecule has 1 aliphatic rings. The Balaban J connectivity index is 1.53. The number of aryl methyl sites for hydroxylation is 1. The van der Waals surface area contributed by atoms with Crippen LogP contribution >= 0.6 is 0 Å². The zero-order chi connectivity index (χ0) is 20.6. The highest BCUT2D eigenvalue weighted by Crippen LogP contribution is 2.13. The lowest BCUT2D eigenvalue weighted by molar-refractivity contribution is 0.0622. The molecule has 0 bridgehead atoms. The summed E-state index contributed by atoms with van der Waals surface area (Å²) in [5.41, 5.74) is 1.79. The Morgan fingerprint density at radius 2 is 1.83 bits per heavy atom. The second-order valence-corrected chi connectivity index (χ2v) is 7.82. The van der Waals surface area contributed by atoms with Crippen LogP contribution in [-0.2, 0) is 6.54 Å². The summed E-state index contributed by atoms with van der Waals surface area (Å²) in [7, 11) is 4.12. The molecule has 1 saturated heterocycles. The molecule has 1 aliphatic heterocycles. The highest BCUT2D eigenvalue weighted by Gasteiger charge is 2.23. The predicted molar refractivity (Wildman–Crippen MR) is 116 cm³/mol. The van der Waals surface area contributed by atoms with E-state index in [9.17, 15) is 4.79 Å². The van der Waals surface area contributed by atoms with Crippen molar-refractivity contribution < 1.29 is 4.79 Å². The number of piperazine rings is 1. The van der Waals surface area contributed by atoms with E-state index >= 15 is 0 Å². The molecule has 1 aromatic carbocycles. The Morgan fingerprint density at radius 1 is 1.10 bits per heavy atom. The number of hydrogen-bond donors (Lipinski definition) is 1. The molecule has 1 aromatic heterocycles. The molecule has 2 heterocycles. The summed E-state index contributed by atoms with van der Waals surface area (Å²) in [4.78, 5) is 28.2. The molecule has 0 atom stereocenters. The number of nitrogens with zero attached hydrogens (tertiary/aromatic N) is 5. The van der Waals surface area contributed by atoms with Crippen molar-refractivity contribution in [2.75, 3.05) is 58.7 Å². The minimum absolute atomic E-state index is 0.00815. The van der Waals surface area contributed by atoms with Crippen LogP contribution in [0.5, 0.6) is 0 Å². The second-order valence-electron chi connectivity index (χ2n) is 7.82. The third-order valence-corrected chi connectivity index (χ3v) is 5.05. The summed E-state index contributed by atoms with van der Waals surface area (Å²) < 4.78 is 0. The van der Waals surface area contributed by atoms with Crippen molar-refractivity contribution in [3.63, 3.8) is 0 Å². The van der Waals surface area contributed by atoms with Gasteiger partial charge >= 0.3 is 0 Å². The summed E-state index contributed by atoms with van der Waals surface area (Å²) >= 11 is 0. The van der Waals surface area contributed by atoms with Gasteiger partial charge in [0.15, 0.2) is 0 Å². The number of amides is 1. The van der Waals surface area contributed by atoms with Crippen LogP contribution in [0, 0.1) is 6.92 Å². The number of aromatic nitrogens is 2. The Morgan fingerprint density at radius 3 is 2.52 bits per heavy atom. The molecule has 3 rings (SSSR count). The Hall–Kier alpha value is -2.51. The van der Waals surface area contributed by atoms with E-state index < -0.39 is 0 Å². The first-order valence-electron chi connectivity index (χ1n) is 10.3. The van der Waals surface area contributed by atoms with Crippen molar-refractivity contribution in [3.8, 4) is 0 Å². The molecule has 2 aromatic rings. The molecule has 1 fully saturated rings. The zero-order valence-electron chi connectivity index (χ0n) is 17.8. The summed E-state index contributed by atoms with van der Waals surface area (Å²) in [5, 5.41) is 3.32. The van der Waals surface area contributed by atoms with Gasteiger partial charge in [-0.15, -0.1) is 0 Å². The average Bonchev–Trinajstić information content (AvgIpc) is 2.71. The monoisotopic (exact) mass is 396 g/mol. The van der Waals surface area contributed by atoms with Gasteiger partial charge in [-0.25, -0.2) is 9.97 Å². The third kappa shape index (κ3) is 6.51. The van der Waals surface area contributed by atoms with Crippen LogP contribution < -0.4 is 5.32 Å². The first kappa shape index (κ1) is 21.2. The number of nitrogens with one attached hydrogen (secondary N) is 1. The molecule has 7 heteroatoms. The number of benzene rings is 1. The standard InChI is InChI=1S/C22H32N6O/c1-18-24-20(16-21(25-18)23-10-7-11-26(2)3)22(29)28-14-12-27(13-15-28)17-19-8-5-4-6-9-19/h4-6,8-9,16H,7,10-15,17H2,1-3H3,(H,23,24,25). The summed E-state index contributed by atoms with van der Waals surface area (Å²) in [6.07, 6.45) is 1.02.